The Hall–Kier alpha value is -1.97. The lowest BCUT2D eigenvalue weighted by Crippen LogP contribution is -2.39. The average molecular weight is 450 g/mol. The molecule has 30 heavy (non-hydrogen) atoms. The minimum absolute atomic E-state index is 0.379. The number of rotatable bonds is 8. The van der Waals surface area contributed by atoms with Crippen LogP contribution in [0.15, 0.2) is 40.4 Å². The van der Waals surface area contributed by atoms with Gasteiger partial charge in [0.15, 0.2) is 5.96 Å². The number of nitrogens with one attached hydrogen (secondary N) is 2. The molecule has 164 valence electrons. The molecule has 1 fully saturated rings. The predicted molar refractivity (Wildman–Crippen MR) is 122 cm³/mol. The number of aliphatic imine (C=N–C) groups is 1. The van der Waals surface area contributed by atoms with Crippen molar-refractivity contribution in [3.63, 3.8) is 0 Å². The van der Waals surface area contributed by atoms with Crippen molar-refractivity contribution in [1.29, 1.82) is 0 Å². The number of hydrogen-bond donors (Lipinski definition) is 2. The molecule has 1 saturated heterocycles. The van der Waals surface area contributed by atoms with Crippen molar-refractivity contribution in [2.24, 2.45) is 4.99 Å². The summed E-state index contributed by atoms with van der Waals surface area (Å²) in [5.74, 6) is 0.646. The van der Waals surface area contributed by atoms with E-state index in [2.05, 4.69) is 27.5 Å². The molecule has 0 unspecified atom stereocenters. The van der Waals surface area contributed by atoms with Gasteiger partial charge in [-0.1, -0.05) is 31.5 Å². The Morgan fingerprint density at radius 1 is 1.20 bits per heavy atom. The number of hydrogen-bond acceptors (Lipinski definition) is 5. The number of piperidine rings is 1. The molecule has 2 aromatic rings. The maximum absolute atomic E-state index is 13.1. The second kappa shape index (κ2) is 10.9. The Balaban J connectivity index is 1.59. The van der Waals surface area contributed by atoms with Gasteiger partial charge in [-0.25, -0.2) is 13.4 Å². The van der Waals surface area contributed by atoms with E-state index in [0.717, 1.165) is 42.7 Å². The highest BCUT2D eigenvalue weighted by molar-refractivity contribution is 7.89. The van der Waals surface area contributed by atoms with Gasteiger partial charge in [-0.15, -0.1) is 11.3 Å². The molecule has 0 atom stereocenters. The van der Waals surface area contributed by atoms with E-state index in [9.17, 15) is 8.42 Å². The highest BCUT2D eigenvalue weighted by atomic mass is 32.2. The number of sulfonamides is 1. The fraction of sp³-hybridized carbons (Fsp3) is 0.524. The molecule has 1 aromatic heterocycles. The van der Waals surface area contributed by atoms with E-state index in [1.807, 2.05) is 18.3 Å². The molecule has 0 amide bonds. The minimum atomic E-state index is -3.47. The van der Waals surface area contributed by atoms with Gasteiger partial charge in [0.05, 0.1) is 9.90 Å². The van der Waals surface area contributed by atoms with Gasteiger partial charge in [-0.2, -0.15) is 4.31 Å². The second-order valence-corrected chi connectivity index (χ2v) is 10.4. The van der Waals surface area contributed by atoms with Gasteiger partial charge in [0.25, 0.3) is 0 Å². The van der Waals surface area contributed by atoms with Gasteiger partial charge >= 0.3 is 0 Å². The van der Waals surface area contributed by atoms with Crippen molar-refractivity contribution in [3.05, 3.63) is 45.9 Å². The molecule has 9 heteroatoms. The Morgan fingerprint density at radius 2 is 1.97 bits per heavy atom. The Morgan fingerprint density at radius 3 is 2.67 bits per heavy atom. The van der Waals surface area contributed by atoms with Crippen molar-refractivity contribution in [3.8, 4) is 0 Å². The van der Waals surface area contributed by atoms with Gasteiger partial charge < -0.3 is 10.6 Å². The lowest BCUT2D eigenvalue weighted by atomic mass is 10.2. The van der Waals surface area contributed by atoms with Crippen LogP contribution in [0.2, 0.25) is 0 Å². The lowest BCUT2D eigenvalue weighted by molar-refractivity contribution is 0.346. The van der Waals surface area contributed by atoms with Crippen LogP contribution in [0, 0.1) is 0 Å². The normalized spacial score (nSPS) is 15.9. The largest absolute Gasteiger partial charge is 0.356 e. The van der Waals surface area contributed by atoms with Crippen molar-refractivity contribution in [2.45, 2.75) is 50.5 Å². The van der Waals surface area contributed by atoms with Gasteiger partial charge in [0, 0.05) is 50.7 Å². The van der Waals surface area contributed by atoms with Crippen LogP contribution in [0.25, 0.3) is 0 Å². The smallest absolute Gasteiger partial charge is 0.243 e. The van der Waals surface area contributed by atoms with Crippen LogP contribution in [0.1, 0.15) is 41.6 Å². The third-order valence-corrected chi connectivity index (χ3v) is 8.36. The molecule has 2 heterocycles. The van der Waals surface area contributed by atoms with Gasteiger partial charge in [0.2, 0.25) is 10.0 Å². The molecule has 7 nitrogen and oxygen atoms in total. The van der Waals surface area contributed by atoms with E-state index < -0.39 is 10.0 Å². The summed E-state index contributed by atoms with van der Waals surface area (Å²) < 4.78 is 27.9. The molecule has 1 aliphatic heterocycles. The van der Waals surface area contributed by atoms with Crippen LogP contribution in [0.4, 0.5) is 0 Å². The van der Waals surface area contributed by atoms with Crippen molar-refractivity contribution in [2.75, 3.05) is 26.7 Å². The quantitative estimate of drug-likeness (QED) is 0.478. The minimum Gasteiger partial charge on any atom is -0.356 e. The van der Waals surface area contributed by atoms with Crippen molar-refractivity contribution < 1.29 is 8.42 Å². The molecule has 1 aliphatic rings. The van der Waals surface area contributed by atoms with E-state index in [1.165, 1.54) is 4.88 Å². The molecule has 0 saturated carbocycles. The number of aromatic nitrogens is 1. The first-order valence-electron chi connectivity index (χ1n) is 10.5. The van der Waals surface area contributed by atoms with Crippen LogP contribution in [-0.4, -0.2) is 50.3 Å². The van der Waals surface area contributed by atoms with E-state index in [1.54, 1.807) is 34.8 Å². The molecular formula is C21H31N5O2S2. The summed E-state index contributed by atoms with van der Waals surface area (Å²) in [5.41, 5.74) is 0.749. The summed E-state index contributed by atoms with van der Waals surface area (Å²) >= 11 is 1.74. The topological polar surface area (TPSA) is 86.7 Å². The van der Waals surface area contributed by atoms with Crippen LogP contribution in [-0.2, 0) is 29.4 Å². The average Bonchev–Trinajstić information content (AvgIpc) is 3.25. The summed E-state index contributed by atoms with van der Waals surface area (Å²) in [6.45, 7) is 4.43. The molecule has 0 spiro atoms. The van der Waals surface area contributed by atoms with Crippen LogP contribution >= 0.6 is 11.3 Å². The summed E-state index contributed by atoms with van der Waals surface area (Å²) in [7, 11) is -1.76. The summed E-state index contributed by atoms with van der Waals surface area (Å²) in [4.78, 5) is 10.4. The summed E-state index contributed by atoms with van der Waals surface area (Å²) in [6, 6.07) is 7.21. The first-order valence-corrected chi connectivity index (χ1v) is 12.8. The van der Waals surface area contributed by atoms with Gasteiger partial charge in [-0.3, -0.25) is 4.99 Å². The zero-order valence-electron chi connectivity index (χ0n) is 17.7. The maximum Gasteiger partial charge on any atom is 0.243 e. The fourth-order valence-electron chi connectivity index (χ4n) is 3.46. The third-order valence-electron chi connectivity index (χ3n) is 5.16. The predicted octanol–water partition coefficient (Wildman–Crippen LogP) is 2.79. The molecule has 1 aromatic carbocycles. The standard InChI is InChI=1S/C21H31N5O2S2/c1-3-18-16-24-20(29-18)11-12-23-21(22-2)25-15-17-9-5-6-10-19(17)30(27,28)26-13-7-4-8-14-26/h5-6,9-10,16H,3-4,7-8,11-15H2,1-2H3,(H2,22,23,25). The summed E-state index contributed by atoms with van der Waals surface area (Å²) in [5, 5.41) is 7.63. The number of aryl methyl sites for hydroxylation is 1. The Kier molecular flexibility index (Phi) is 8.24. The first kappa shape index (κ1) is 22.7. The Bertz CT molecular complexity index is 950. The van der Waals surface area contributed by atoms with Crippen LogP contribution in [0.3, 0.4) is 0 Å². The zero-order valence-corrected chi connectivity index (χ0v) is 19.4. The fourth-order valence-corrected chi connectivity index (χ4v) is 6.06. The van der Waals surface area contributed by atoms with Crippen molar-refractivity contribution in [1.82, 2.24) is 19.9 Å². The highest BCUT2D eigenvalue weighted by Crippen LogP contribution is 2.23. The molecule has 0 radical (unpaired) electrons. The molecule has 0 aliphatic carbocycles. The molecular weight excluding hydrogens is 418 g/mol. The van der Waals surface area contributed by atoms with E-state index in [-0.39, 0.29) is 0 Å². The third kappa shape index (κ3) is 5.80. The SMILES string of the molecule is CCc1cnc(CCNC(=NC)NCc2ccccc2S(=O)(=O)N2CCCCC2)s1. The second-order valence-electron chi connectivity index (χ2n) is 7.25. The monoisotopic (exact) mass is 449 g/mol. The van der Waals surface area contributed by atoms with Gasteiger partial charge in [-0.05, 0) is 30.9 Å². The zero-order chi connectivity index (χ0) is 21.4. The Labute approximate surface area is 183 Å². The summed E-state index contributed by atoms with van der Waals surface area (Å²) in [6.07, 6.45) is 6.72. The lowest BCUT2D eigenvalue weighted by Gasteiger charge is -2.27. The highest BCUT2D eigenvalue weighted by Gasteiger charge is 2.27. The van der Waals surface area contributed by atoms with E-state index in [0.29, 0.717) is 37.0 Å². The number of guanidine groups is 1. The maximum atomic E-state index is 13.1. The number of nitrogens with zero attached hydrogens (tertiary/aromatic N) is 3. The number of benzene rings is 1. The van der Waals surface area contributed by atoms with Crippen molar-refractivity contribution >= 4 is 27.3 Å². The van der Waals surface area contributed by atoms with Gasteiger partial charge in [0.1, 0.15) is 0 Å². The van der Waals surface area contributed by atoms with Crippen LogP contribution in [0.5, 0.6) is 0 Å². The molecule has 2 N–H and O–H groups in total. The molecule has 3 rings (SSSR count). The van der Waals surface area contributed by atoms with E-state index in [4.69, 9.17) is 0 Å². The molecule has 0 bridgehead atoms. The van der Waals surface area contributed by atoms with Crippen LogP contribution < -0.4 is 10.6 Å². The van der Waals surface area contributed by atoms with E-state index >= 15 is 0 Å². The first-order chi connectivity index (χ1) is 14.5. The number of thiazole rings is 1.